The number of amides is 1. The molecule has 0 spiro atoms. The topological polar surface area (TPSA) is 112 Å². The predicted molar refractivity (Wildman–Crippen MR) is 172 cm³/mol. The summed E-state index contributed by atoms with van der Waals surface area (Å²) >= 11 is 0. The molecule has 3 N–H and O–H groups in total. The predicted octanol–water partition coefficient (Wildman–Crippen LogP) is 5.51. The van der Waals surface area contributed by atoms with E-state index in [2.05, 4.69) is 21.8 Å². The van der Waals surface area contributed by atoms with Crippen LogP contribution in [0, 0.1) is 6.92 Å². The summed E-state index contributed by atoms with van der Waals surface area (Å²) in [6, 6.07) is 14.8. The molecule has 5 rings (SSSR count). The number of anilines is 2. The van der Waals surface area contributed by atoms with Gasteiger partial charge in [-0.1, -0.05) is 31.2 Å². The largest absolute Gasteiger partial charge is 0.497 e. The molecule has 0 saturated carbocycles. The van der Waals surface area contributed by atoms with Gasteiger partial charge in [-0.3, -0.25) is 9.59 Å². The van der Waals surface area contributed by atoms with Gasteiger partial charge in [0.25, 0.3) is 5.56 Å². The van der Waals surface area contributed by atoms with Gasteiger partial charge in [0.2, 0.25) is 5.91 Å². The molecule has 0 aliphatic carbocycles. The number of nitrogens with zero attached hydrogens (tertiary/aromatic N) is 3. The van der Waals surface area contributed by atoms with Crippen molar-refractivity contribution in [2.24, 2.45) is 5.73 Å². The molecular formula is C34H39N5O4. The Morgan fingerprint density at radius 1 is 1.02 bits per heavy atom. The van der Waals surface area contributed by atoms with Gasteiger partial charge in [0.1, 0.15) is 17.3 Å². The molecule has 1 saturated heterocycles. The SMILES string of the molecule is C=C(C(N)=O)c1cccc(C)c1Nc1cc2c(cn1)cc(-c1cc(OC)cc(OC)c1)c(=O)n2CCCN1CCCCC1. The minimum atomic E-state index is -0.593. The number of aryl methyl sites for hydroxylation is 2. The third-order valence-corrected chi connectivity index (χ3v) is 8.09. The first-order chi connectivity index (χ1) is 20.8. The summed E-state index contributed by atoms with van der Waals surface area (Å²) in [5.41, 5.74) is 9.89. The van der Waals surface area contributed by atoms with E-state index in [-0.39, 0.29) is 11.1 Å². The molecule has 1 aliphatic heterocycles. The number of nitrogens with one attached hydrogen (secondary N) is 1. The molecule has 9 nitrogen and oxygen atoms in total. The van der Waals surface area contributed by atoms with Crippen LogP contribution in [0.15, 0.2) is 66.1 Å². The van der Waals surface area contributed by atoms with Crippen LogP contribution in [0.4, 0.5) is 11.5 Å². The number of likely N-dealkylation sites (tertiary alicyclic amines) is 1. The van der Waals surface area contributed by atoms with Crippen LogP contribution in [-0.4, -0.2) is 54.2 Å². The fourth-order valence-corrected chi connectivity index (χ4v) is 5.71. The molecule has 0 unspecified atom stereocenters. The van der Waals surface area contributed by atoms with Gasteiger partial charge in [-0.15, -0.1) is 0 Å². The molecule has 3 heterocycles. The maximum Gasteiger partial charge on any atom is 0.258 e. The van der Waals surface area contributed by atoms with Crippen molar-refractivity contribution >= 4 is 33.9 Å². The third-order valence-electron chi connectivity index (χ3n) is 8.09. The fourth-order valence-electron chi connectivity index (χ4n) is 5.71. The molecule has 2 aromatic carbocycles. The smallest absolute Gasteiger partial charge is 0.258 e. The van der Waals surface area contributed by atoms with Crippen LogP contribution < -0.4 is 26.1 Å². The van der Waals surface area contributed by atoms with E-state index >= 15 is 0 Å². The molecule has 0 atom stereocenters. The number of pyridine rings is 2. The van der Waals surface area contributed by atoms with Gasteiger partial charge in [-0.25, -0.2) is 4.98 Å². The fraction of sp³-hybridized carbons (Fsp3) is 0.324. The van der Waals surface area contributed by atoms with Crippen molar-refractivity contribution in [2.75, 3.05) is 39.2 Å². The lowest BCUT2D eigenvalue weighted by Crippen LogP contribution is -2.32. The number of ether oxygens (including phenoxy) is 2. The van der Waals surface area contributed by atoms with E-state index in [4.69, 9.17) is 15.2 Å². The molecule has 2 aromatic heterocycles. The number of methoxy groups -OCH3 is 2. The Kier molecular flexibility index (Phi) is 9.11. The summed E-state index contributed by atoms with van der Waals surface area (Å²) < 4.78 is 12.8. The van der Waals surface area contributed by atoms with Gasteiger partial charge in [-0.2, -0.15) is 0 Å². The van der Waals surface area contributed by atoms with Crippen molar-refractivity contribution in [3.8, 4) is 22.6 Å². The van der Waals surface area contributed by atoms with Crippen molar-refractivity contribution in [3.63, 3.8) is 0 Å². The molecule has 43 heavy (non-hydrogen) atoms. The van der Waals surface area contributed by atoms with E-state index in [0.717, 1.165) is 42.5 Å². The van der Waals surface area contributed by atoms with Crippen molar-refractivity contribution in [3.05, 3.63) is 82.8 Å². The quantitative estimate of drug-likeness (QED) is 0.225. The molecule has 1 aliphatic rings. The molecule has 1 fully saturated rings. The first-order valence-corrected chi connectivity index (χ1v) is 14.6. The summed E-state index contributed by atoms with van der Waals surface area (Å²) in [6.07, 6.45) is 6.33. The number of benzene rings is 2. The first kappa shape index (κ1) is 29.8. The highest BCUT2D eigenvalue weighted by Gasteiger charge is 2.17. The molecule has 0 bridgehead atoms. The van der Waals surface area contributed by atoms with Gasteiger partial charge in [0, 0.05) is 47.0 Å². The summed E-state index contributed by atoms with van der Waals surface area (Å²) in [4.78, 5) is 33.3. The van der Waals surface area contributed by atoms with Gasteiger partial charge < -0.3 is 30.0 Å². The summed E-state index contributed by atoms with van der Waals surface area (Å²) in [6.45, 7) is 9.51. The van der Waals surface area contributed by atoms with Crippen LogP contribution in [0.5, 0.6) is 11.5 Å². The number of fused-ring (bicyclic) bond motifs is 1. The van der Waals surface area contributed by atoms with E-state index in [9.17, 15) is 9.59 Å². The number of primary amides is 1. The Bertz CT molecular complexity index is 1700. The highest BCUT2D eigenvalue weighted by molar-refractivity contribution is 6.19. The van der Waals surface area contributed by atoms with E-state index in [1.165, 1.54) is 19.3 Å². The second-order valence-corrected chi connectivity index (χ2v) is 11.0. The lowest BCUT2D eigenvalue weighted by atomic mass is 10.0. The lowest BCUT2D eigenvalue weighted by molar-refractivity contribution is -0.112. The van der Waals surface area contributed by atoms with E-state index in [1.54, 1.807) is 32.5 Å². The summed E-state index contributed by atoms with van der Waals surface area (Å²) in [5.74, 6) is 1.16. The Labute approximate surface area is 251 Å². The Morgan fingerprint density at radius 2 is 1.74 bits per heavy atom. The summed E-state index contributed by atoms with van der Waals surface area (Å²) in [7, 11) is 3.18. The maximum absolute atomic E-state index is 14.2. The Balaban J connectivity index is 1.59. The van der Waals surface area contributed by atoms with E-state index < -0.39 is 5.91 Å². The van der Waals surface area contributed by atoms with Gasteiger partial charge in [0.05, 0.1) is 25.4 Å². The average Bonchev–Trinajstić information content (AvgIpc) is 3.02. The standard InChI is InChI=1S/C34H39N5O4/c1-22-10-8-11-28(23(2)33(35)40)32(22)37-31-20-30-25(21-36-31)18-29(24-16-26(42-3)19-27(17-24)43-4)34(41)39(30)15-9-14-38-12-6-5-7-13-38/h8,10-11,16-21H,2,5-7,9,12-15H2,1,3-4H3,(H2,35,40)(H,36,37). The number of carbonyl (C=O) groups excluding carboxylic acids is 1. The second-order valence-electron chi connectivity index (χ2n) is 11.0. The lowest BCUT2D eigenvalue weighted by Gasteiger charge is -2.26. The minimum Gasteiger partial charge on any atom is -0.497 e. The number of hydrogen-bond acceptors (Lipinski definition) is 7. The number of hydrogen-bond donors (Lipinski definition) is 2. The number of aromatic nitrogens is 2. The number of para-hydroxylation sites is 1. The van der Waals surface area contributed by atoms with Crippen molar-refractivity contribution in [2.45, 2.75) is 39.2 Å². The molecular weight excluding hydrogens is 542 g/mol. The van der Waals surface area contributed by atoms with Crippen molar-refractivity contribution in [1.29, 1.82) is 0 Å². The second kappa shape index (κ2) is 13.1. The first-order valence-electron chi connectivity index (χ1n) is 14.6. The average molecular weight is 582 g/mol. The van der Waals surface area contributed by atoms with Crippen molar-refractivity contribution < 1.29 is 14.3 Å². The maximum atomic E-state index is 14.2. The number of carbonyl (C=O) groups is 1. The summed E-state index contributed by atoms with van der Waals surface area (Å²) in [5, 5.41) is 4.19. The van der Waals surface area contributed by atoms with E-state index in [0.29, 0.717) is 46.2 Å². The van der Waals surface area contributed by atoms with Gasteiger partial charge >= 0.3 is 0 Å². The number of rotatable bonds is 11. The van der Waals surface area contributed by atoms with Gasteiger partial charge in [-0.05, 0) is 75.1 Å². The van der Waals surface area contributed by atoms with Crippen LogP contribution in [0.1, 0.15) is 36.8 Å². The zero-order chi connectivity index (χ0) is 30.5. The van der Waals surface area contributed by atoms with Crippen LogP contribution in [0.25, 0.3) is 27.6 Å². The number of nitrogens with two attached hydrogens (primary N) is 1. The van der Waals surface area contributed by atoms with Gasteiger partial charge in [0.15, 0.2) is 0 Å². The molecule has 224 valence electrons. The van der Waals surface area contributed by atoms with Crippen LogP contribution in [0.3, 0.4) is 0 Å². The molecule has 1 amide bonds. The monoisotopic (exact) mass is 581 g/mol. The molecule has 4 aromatic rings. The molecule has 9 heteroatoms. The normalized spacial score (nSPS) is 13.6. The highest BCUT2D eigenvalue weighted by Crippen LogP contribution is 2.32. The number of piperidine rings is 1. The zero-order valence-electron chi connectivity index (χ0n) is 25.1. The van der Waals surface area contributed by atoms with Crippen LogP contribution in [-0.2, 0) is 11.3 Å². The Morgan fingerprint density at radius 3 is 2.42 bits per heavy atom. The van der Waals surface area contributed by atoms with E-state index in [1.807, 2.05) is 47.9 Å². The Hall–Kier alpha value is -4.63. The van der Waals surface area contributed by atoms with Crippen LogP contribution >= 0.6 is 0 Å². The third kappa shape index (κ3) is 6.57. The molecule has 0 radical (unpaired) electrons. The highest BCUT2D eigenvalue weighted by atomic mass is 16.5. The van der Waals surface area contributed by atoms with Crippen LogP contribution in [0.2, 0.25) is 0 Å². The zero-order valence-corrected chi connectivity index (χ0v) is 25.1. The van der Waals surface area contributed by atoms with Crippen molar-refractivity contribution in [1.82, 2.24) is 14.5 Å². The minimum absolute atomic E-state index is 0.0997.